The molecule has 0 spiro atoms. The molecule has 0 bridgehead atoms. The molecule has 0 atom stereocenters. The molecule has 4 rings (SSSR count). The van der Waals surface area contributed by atoms with E-state index in [2.05, 4.69) is 25.6 Å². The molecule has 0 aliphatic carbocycles. The maximum absolute atomic E-state index is 8.92. The molecule has 1 aromatic carbocycles. The van der Waals surface area contributed by atoms with E-state index in [0.717, 1.165) is 33.7 Å². The van der Waals surface area contributed by atoms with Crippen LogP contribution in [0.1, 0.15) is 11.1 Å². The second-order valence-corrected chi connectivity index (χ2v) is 7.18. The number of imidazole rings is 1. The smallest absolute Gasteiger partial charge is 0.140 e. The maximum Gasteiger partial charge on any atom is 0.140 e. The molecule has 9 nitrogen and oxygen atoms in total. The highest BCUT2D eigenvalue weighted by atomic mass is 16.5. The van der Waals surface area contributed by atoms with Crippen LogP contribution in [-0.2, 0) is 6.54 Å². The van der Waals surface area contributed by atoms with E-state index in [4.69, 9.17) is 15.3 Å². The molecule has 0 aliphatic rings. The number of hydrogen-bond donors (Lipinski definition) is 4. The average molecular weight is 444 g/mol. The van der Waals surface area contributed by atoms with E-state index in [0.29, 0.717) is 18.1 Å². The quantitative estimate of drug-likeness (QED) is 0.278. The Morgan fingerprint density at radius 3 is 2.76 bits per heavy atom. The van der Waals surface area contributed by atoms with Gasteiger partial charge in [0.1, 0.15) is 30.1 Å². The normalized spacial score (nSPS) is 11.4. The van der Waals surface area contributed by atoms with Gasteiger partial charge in [-0.1, -0.05) is 24.3 Å². The number of aliphatic hydroxyl groups excluding tert-OH is 1. The zero-order valence-electron chi connectivity index (χ0n) is 18.2. The second kappa shape index (κ2) is 10.4. The van der Waals surface area contributed by atoms with Crippen LogP contribution < -0.4 is 15.4 Å². The van der Waals surface area contributed by atoms with Gasteiger partial charge in [-0.15, -0.1) is 0 Å². The van der Waals surface area contributed by atoms with Gasteiger partial charge in [0, 0.05) is 49.9 Å². The fraction of sp³-hybridized carbons (Fsp3) is 0.167. The molecule has 3 aromatic heterocycles. The Morgan fingerprint density at radius 1 is 1.15 bits per heavy atom. The van der Waals surface area contributed by atoms with Gasteiger partial charge in [0.15, 0.2) is 0 Å². The van der Waals surface area contributed by atoms with Crippen molar-refractivity contribution >= 4 is 23.3 Å². The first-order valence-corrected chi connectivity index (χ1v) is 10.5. The summed E-state index contributed by atoms with van der Waals surface area (Å²) in [6.45, 7) is 0.804. The number of benzene rings is 1. The van der Waals surface area contributed by atoms with Crippen LogP contribution in [-0.4, -0.2) is 50.9 Å². The molecule has 168 valence electrons. The van der Waals surface area contributed by atoms with Crippen LogP contribution in [0.5, 0.6) is 5.75 Å². The van der Waals surface area contributed by atoms with Gasteiger partial charge in [-0.05, 0) is 17.2 Å². The molecule has 0 saturated carbocycles. The van der Waals surface area contributed by atoms with Crippen molar-refractivity contribution in [2.75, 3.05) is 25.6 Å². The molecule has 0 radical (unpaired) electrons. The number of rotatable bonds is 10. The van der Waals surface area contributed by atoms with E-state index in [9.17, 15) is 0 Å². The summed E-state index contributed by atoms with van der Waals surface area (Å²) >= 11 is 0. The summed E-state index contributed by atoms with van der Waals surface area (Å²) in [6, 6.07) is 13.6. The summed E-state index contributed by atoms with van der Waals surface area (Å²) in [4.78, 5) is 13.2. The van der Waals surface area contributed by atoms with Gasteiger partial charge in [0.25, 0.3) is 0 Å². The van der Waals surface area contributed by atoms with E-state index in [1.165, 1.54) is 12.5 Å². The summed E-state index contributed by atoms with van der Waals surface area (Å²) in [5.41, 5.74) is 5.20. The number of fused-ring (bicyclic) bond motifs is 1. The summed E-state index contributed by atoms with van der Waals surface area (Å²) in [5.74, 6) is 1.36. The number of nitrogens with zero attached hydrogens (tertiary/aromatic N) is 4. The molecule has 0 fully saturated rings. The predicted molar refractivity (Wildman–Crippen MR) is 128 cm³/mol. The van der Waals surface area contributed by atoms with Crippen LogP contribution in [0, 0.1) is 5.41 Å². The average Bonchev–Trinajstić information content (AvgIpc) is 3.29. The monoisotopic (exact) mass is 443 g/mol. The Labute approximate surface area is 191 Å². The minimum Gasteiger partial charge on any atom is -0.491 e. The summed E-state index contributed by atoms with van der Waals surface area (Å²) in [6.07, 6.45) is 8.28. The number of allylic oxidation sites excluding steroid dienone is 1. The third-order valence-corrected chi connectivity index (χ3v) is 4.99. The predicted octanol–water partition coefficient (Wildman–Crippen LogP) is 2.98. The Bertz CT molecular complexity index is 1270. The number of pyridine rings is 1. The van der Waals surface area contributed by atoms with Crippen LogP contribution >= 0.6 is 0 Å². The van der Waals surface area contributed by atoms with E-state index in [-0.39, 0.29) is 13.2 Å². The third-order valence-electron chi connectivity index (χ3n) is 4.99. The largest absolute Gasteiger partial charge is 0.491 e. The fourth-order valence-electron chi connectivity index (χ4n) is 3.37. The van der Waals surface area contributed by atoms with Gasteiger partial charge >= 0.3 is 0 Å². The molecule has 0 aliphatic heterocycles. The minimum absolute atomic E-state index is 0.0378. The standard InChI is InChI=1S/C24H25N7O2/c1-26-14-19(12-25)18-4-2-17(3-5-18)13-27-23-11-21(29-16-30-23)22-15-28-24-10-20(33-9-8-32)6-7-31(22)24/h2-7,10-12,14-16,25-26,32H,8-9,13H2,1H3,(H,27,29,30)/b19-14+,25-12?. The second-order valence-electron chi connectivity index (χ2n) is 7.18. The van der Waals surface area contributed by atoms with Crippen molar-refractivity contribution in [1.29, 1.82) is 5.41 Å². The van der Waals surface area contributed by atoms with Gasteiger partial charge in [-0.3, -0.25) is 4.40 Å². The Morgan fingerprint density at radius 2 is 2.00 bits per heavy atom. The molecule has 9 heteroatoms. The zero-order valence-corrected chi connectivity index (χ0v) is 18.2. The number of hydrogen-bond acceptors (Lipinski definition) is 8. The highest BCUT2D eigenvalue weighted by Crippen LogP contribution is 2.23. The fourth-order valence-corrected chi connectivity index (χ4v) is 3.37. The third kappa shape index (κ3) is 5.16. The molecule has 33 heavy (non-hydrogen) atoms. The molecular formula is C24H25N7O2. The minimum atomic E-state index is -0.0378. The first-order chi connectivity index (χ1) is 16.2. The summed E-state index contributed by atoms with van der Waals surface area (Å²) in [7, 11) is 1.81. The number of aliphatic hydroxyl groups is 1. The van der Waals surface area contributed by atoms with E-state index < -0.39 is 0 Å². The van der Waals surface area contributed by atoms with Crippen molar-refractivity contribution < 1.29 is 9.84 Å². The Hall–Kier alpha value is -4.24. The number of anilines is 1. The Kier molecular flexibility index (Phi) is 6.91. The SMILES string of the molecule is CN/C=C(\C=N)c1ccc(CNc2cc(-c3cnc4cc(OCCO)ccn34)ncn2)cc1. The molecule has 4 N–H and O–H groups in total. The van der Waals surface area contributed by atoms with Crippen molar-refractivity contribution in [3.05, 3.63) is 78.5 Å². The highest BCUT2D eigenvalue weighted by molar-refractivity contribution is 6.08. The van der Waals surface area contributed by atoms with Gasteiger partial charge in [0.2, 0.25) is 0 Å². The summed E-state index contributed by atoms with van der Waals surface area (Å²) < 4.78 is 7.38. The van der Waals surface area contributed by atoms with Crippen molar-refractivity contribution in [2.24, 2.45) is 0 Å². The molecule has 0 unspecified atom stereocenters. The van der Waals surface area contributed by atoms with Gasteiger partial charge in [0.05, 0.1) is 24.2 Å². The molecule has 0 amide bonds. The topological polar surface area (TPSA) is 120 Å². The number of nitrogens with one attached hydrogen (secondary N) is 3. The van der Waals surface area contributed by atoms with Crippen molar-refractivity contribution in [1.82, 2.24) is 24.7 Å². The lowest BCUT2D eigenvalue weighted by Gasteiger charge is -2.09. The zero-order chi connectivity index (χ0) is 23.0. The molecule has 4 aromatic rings. The van der Waals surface area contributed by atoms with E-state index >= 15 is 0 Å². The summed E-state index contributed by atoms with van der Waals surface area (Å²) in [5, 5.41) is 22.7. The molecular weight excluding hydrogens is 418 g/mol. The van der Waals surface area contributed by atoms with Crippen molar-refractivity contribution in [3.8, 4) is 17.1 Å². The van der Waals surface area contributed by atoms with E-state index in [1.54, 1.807) is 12.4 Å². The van der Waals surface area contributed by atoms with Crippen LogP contribution in [0.4, 0.5) is 5.82 Å². The van der Waals surface area contributed by atoms with Crippen LogP contribution in [0.2, 0.25) is 0 Å². The lowest BCUT2D eigenvalue weighted by Crippen LogP contribution is -2.03. The van der Waals surface area contributed by atoms with Gasteiger partial charge in [-0.25, -0.2) is 15.0 Å². The maximum atomic E-state index is 8.92. The lowest BCUT2D eigenvalue weighted by atomic mass is 10.1. The van der Waals surface area contributed by atoms with Crippen LogP contribution in [0.25, 0.3) is 22.6 Å². The first kappa shape index (κ1) is 22.0. The number of ether oxygens (including phenoxy) is 1. The lowest BCUT2D eigenvalue weighted by molar-refractivity contribution is 0.201. The van der Waals surface area contributed by atoms with Crippen molar-refractivity contribution in [3.63, 3.8) is 0 Å². The van der Waals surface area contributed by atoms with Gasteiger partial charge in [-0.2, -0.15) is 0 Å². The highest BCUT2D eigenvalue weighted by Gasteiger charge is 2.10. The van der Waals surface area contributed by atoms with Crippen molar-refractivity contribution in [2.45, 2.75) is 6.54 Å². The van der Waals surface area contributed by atoms with Crippen LogP contribution in [0.3, 0.4) is 0 Å². The van der Waals surface area contributed by atoms with E-state index in [1.807, 2.05) is 60.1 Å². The first-order valence-electron chi connectivity index (χ1n) is 10.5. The molecule has 0 saturated heterocycles. The van der Waals surface area contributed by atoms with Gasteiger partial charge < -0.3 is 25.9 Å². The Balaban J connectivity index is 1.47. The molecule has 3 heterocycles. The number of aromatic nitrogens is 4. The van der Waals surface area contributed by atoms with Crippen LogP contribution in [0.15, 0.2) is 67.4 Å².